The van der Waals surface area contributed by atoms with Crippen molar-refractivity contribution >= 4 is 17.6 Å². The lowest BCUT2D eigenvalue weighted by Gasteiger charge is -2.35. The van der Waals surface area contributed by atoms with E-state index in [0.29, 0.717) is 37.2 Å². The Morgan fingerprint density at radius 2 is 1.65 bits per heavy atom. The topological polar surface area (TPSA) is 97.0 Å². The van der Waals surface area contributed by atoms with Crippen LogP contribution in [0.5, 0.6) is 5.75 Å². The molecule has 3 aliphatic rings. The maximum absolute atomic E-state index is 13.2. The molecule has 3 N–H and O–H groups in total. The summed E-state index contributed by atoms with van der Waals surface area (Å²) < 4.78 is 24.6. The molecule has 1 aliphatic carbocycles. The zero-order chi connectivity index (χ0) is 21.4. The number of aliphatic hydroxyl groups excluding tert-OH is 1. The summed E-state index contributed by atoms with van der Waals surface area (Å²) in [5.41, 5.74) is 6.03. The van der Waals surface area contributed by atoms with Crippen LogP contribution in [0.4, 0.5) is 22.0 Å². The van der Waals surface area contributed by atoms with E-state index in [1.54, 1.807) is 12.1 Å². The van der Waals surface area contributed by atoms with Crippen molar-refractivity contribution in [2.75, 3.05) is 54.9 Å². The van der Waals surface area contributed by atoms with Crippen LogP contribution in [0.15, 0.2) is 30.3 Å². The molecule has 2 saturated heterocycles. The van der Waals surface area contributed by atoms with Gasteiger partial charge in [0.25, 0.3) is 0 Å². The van der Waals surface area contributed by atoms with E-state index in [1.807, 2.05) is 6.07 Å². The van der Waals surface area contributed by atoms with Gasteiger partial charge in [-0.05, 0) is 48.9 Å². The Morgan fingerprint density at radius 3 is 2.35 bits per heavy atom. The first-order valence-electron chi connectivity index (χ1n) is 10.9. The molecule has 3 heterocycles. The summed E-state index contributed by atoms with van der Waals surface area (Å²) in [7, 11) is 0. The molecule has 5 rings (SSSR count). The Labute approximate surface area is 180 Å². The van der Waals surface area contributed by atoms with E-state index in [1.165, 1.54) is 12.1 Å². The number of fused-ring (bicyclic) bond motifs is 1. The molecule has 2 aromatic rings. The van der Waals surface area contributed by atoms with Crippen molar-refractivity contribution in [3.63, 3.8) is 0 Å². The molecule has 1 aromatic heterocycles. The van der Waals surface area contributed by atoms with Crippen LogP contribution >= 0.6 is 0 Å². The van der Waals surface area contributed by atoms with Crippen molar-refractivity contribution in [1.29, 1.82) is 0 Å². The Kier molecular flexibility index (Phi) is 5.54. The summed E-state index contributed by atoms with van der Waals surface area (Å²) in [6.07, 6.45) is 0.567. The number of hydrogen-bond donors (Lipinski definition) is 2. The second-order valence-corrected chi connectivity index (χ2v) is 8.62. The van der Waals surface area contributed by atoms with E-state index in [9.17, 15) is 9.50 Å². The number of hydrogen-bond acceptors (Lipinski definition) is 8. The van der Waals surface area contributed by atoms with Gasteiger partial charge >= 0.3 is 0 Å². The van der Waals surface area contributed by atoms with E-state index in [-0.39, 0.29) is 17.9 Å². The van der Waals surface area contributed by atoms with Crippen molar-refractivity contribution in [1.82, 2.24) is 9.97 Å². The van der Waals surface area contributed by atoms with Crippen LogP contribution in [0.1, 0.15) is 12.8 Å². The first-order chi connectivity index (χ1) is 15.0. The highest BCUT2D eigenvalue weighted by atomic mass is 19.1. The van der Waals surface area contributed by atoms with Gasteiger partial charge in [0.2, 0.25) is 5.95 Å². The Balaban J connectivity index is 1.28. The van der Waals surface area contributed by atoms with E-state index < -0.39 is 6.10 Å². The standard InChI is InChI=1S/C22H28FN5O3/c23-16-1-3-17(4-2-16)31-19-10-15-13-28(12-14(15)9-18(19)29)21-11-20(25-22(24)26-21)27-5-7-30-8-6-27/h1-4,11,14-15,18-19,29H,5-10,12-13H2,(H2,24,25,26)/t14-,15+,18+,19+/m0/s1. The lowest BCUT2D eigenvalue weighted by atomic mass is 9.78. The third kappa shape index (κ3) is 4.38. The molecule has 4 atom stereocenters. The highest BCUT2D eigenvalue weighted by molar-refractivity contribution is 5.55. The van der Waals surface area contributed by atoms with Crippen LogP contribution in [0.3, 0.4) is 0 Å². The van der Waals surface area contributed by atoms with Crippen LogP contribution in [-0.2, 0) is 4.74 Å². The van der Waals surface area contributed by atoms with Gasteiger partial charge in [0.15, 0.2) is 0 Å². The number of ether oxygens (including phenoxy) is 2. The fourth-order valence-corrected chi connectivity index (χ4v) is 4.95. The molecule has 31 heavy (non-hydrogen) atoms. The Morgan fingerprint density at radius 1 is 1.00 bits per heavy atom. The minimum Gasteiger partial charge on any atom is -0.488 e. The average Bonchev–Trinajstić information content (AvgIpc) is 3.18. The van der Waals surface area contributed by atoms with Gasteiger partial charge in [0.05, 0.1) is 19.3 Å². The number of nitrogens with zero attached hydrogens (tertiary/aromatic N) is 4. The normalized spacial score (nSPS) is 28.5. The number of nitrogens with two attached hydrogens (primary N) is 1. The summed E-state index contributed by atoms with van der Waals surface area (Å²) >= 11 is 0. The quantitative estimate of drug-likeness (QED) is 0.758. The number of anilines is 3. The first kappa shape index (κ1) is 20.3. The number of rotatable bonds is 4. The van der Waals surface area contributed by atoms with Crippen LogP contribution in [0.2, 0.25) is 0 Å². The monoisotopic (exact) mass is 429 g/mol. The fraction of sp³-hybridized carbons (Fsp3) is 0.545. The molecule has 0 bridgehead atoms. The number of nitrogen functional groups attached to an aromatic ring is 1. The van der Waals surface area contributed by atoms with Crippen molar-refractivity contribution in [2.45, 2.75) is 25.0 Å². The van der Waals surface area contributed by atoms with Gasteiger partial charge < -0.3 is 30.1 Å². The SMILES string of the molecule is Nc1nc(N2CCOCC2)cc(N2C[C@H]3C[C@@H](Oc4ccc(F)cc4)[C@H](O)C[C@H]3C2)n1. The largest absolute Gasteiger partial charge is 0.488 e. The molecule has 0 unspecified atom stereocenters. The molecule has 9 heteroatoms. The van der Waals surface area contributed by atoms with Crippen LogP contribution in [-0.4, -0.2) is 66.7 Å². The van der Waals surface area contributed by atoms with Crippen LogP contribution in [0.25, 0.3) is 0 Å². The summed E-state index contributed by atoms with van der Waals surface area (Å²) in [4.78, 5) is 13.3. The van der Waals surface area contributed by atoms with Gasteiger partial charge in [0, 0.05) is 32.2 Å². The second-order valence-electron chi connectivity index (χ2n) is 8.62. The van der Waals surface area contributed by atoms with Gasteiger partial charge in [-0.2, -0.15) is 9.97 Å². The smallest absolute Gasteiger partial charge is 0.223 e. The maximum atomic E-state index is 13.2. The highest BCUT2D eigenvalue weighted by Gasteiger charge is 2.43. The van der Waals surface area contributed by atoms with Crippen LogP contribution in [0, 0.1) is 17.7 Å². The summed E-state index contributed by atoms with van der Waals surface area (Å²) in [6.45, 7) is 4.59. The van der Waals surface area contributed by atoms with Crippen molar-refractivity contribution in [3.05, 3.63) is 36.1 Å². The van der Waals surface area contributed by atoms with Gasteiger partial charge in [-0.15, -0.1) is 0 Å². The van der Waals surface area contributed by atoms with Crippen molar-refractivity contribution < 1.29 is 19.0 Å². The van der Waals surface area contributed by atoms with Crippen molar-refractivity contribution in [2.24, 2.45) is 11.8 Å². The predicted octanol–water partition coefficient (Wildman–Crippen LogP) is 1.69. The molecule has 1 saturated carbocycles. The van der Waals surface area contributed by atoms with Gasteiger partial charge in [0.1, 0.15) is 29.3 Å². The molecule has 3 fully saturated rings. The lowest BCUT2D eigenvalue weighted by Crippen LogP contribution is -2.42. The zero-order valence-corrected chi connectivity index (χ0v) is 17.4. The lowest BCUT2D eigenvalue weighted by molar-refractivity contribution is -0.0231. The molecule has 0 radical (unpaired) electrons. The van der Waals surface area contributed by atoms with Crippen molar-refractivity contribution in [3.8, 4) is 5.75 Å². The summed E-state index contributed by atoms with van der Waals surface area (Å²) in [6, 6.07) is 7.95. The molecule has 2 aliphatic heterocycles. The fourth-order valence-electron chi connectivity index (χ4n) is 4.95. The highest BCUT2D eigenvalue weighted by Crippen LogP contribution is 2.39. The number of aromatic nitrogens is 2. The average molecular weight is 429 g/mol. The maximum Gasteiger partial charge on any atom is 0.223 e. The number of halogens is 1. The Hall–Kier alpha value is -2.65. The number of morpholine rings is 1. The molecule has 1 aromatic carbocycles. The third-order valence-electron chi connectivity index (χ3n) is 6.56. The van der Waals surface area contributed by atoms with Gasteiger partial charge in [-0.3, -0.25) is 0 Å². The molecule has 0 amide bonds. The number of benzene rings is 1. The van der Waals surface area contributed by atoms with E-state index >= 15 is 0 Å². The van der Waals surface area contributed by atoms with Gasteiger partial charge in [-0.1, -0.05) is 0 Å². The van der Waals surface area contributed by atoms with Gasteiger partial charge in [-0.25, -0.2) is 4.39 Å². The summed E-state index contributed by atoms with van der Waals surface area (Å²) in [5, 5.41) is 10.7. The molecular weight excluding hydrogens is 401 g/mol. The van der Waals surface area contributed by atoms with E-state index in [0.717, 1.165) is 44.2 Å². The Bertz CT molecular complexity index is 909. The predicted molar refractivity (Wildman–Crippen MR) is 115 cm³/mol. The first-order valence-corrected chi connectivity index (χ1v) is 10.9. The third-order valence-corrected chi connectivity index (χ3v) is 6.56. The van der Waals surface area contributed by atoms with Crippen LogP contribution < -0.4 is 20.3 Å². The molecular formula is C22H28FN5O3. The minimum absolute atomic E-state index is 0.270. The van der Waals surface area contributed by atoms with E-state index in [4.69, 9.17) is 15.2 Å². The molecule has 166 valence electrons. The number of aliphatic hydroxyl groups is 1. The molecule has 8 nitrogen and oxygen atoms in total. The molecule has 0 spiro atoms. The second kappa shape index (κ2) is 8.47. The summed E-state index contributed by atoms with van der Waals surface area (Å²) in [5.74, 6) is 2.96. The zero-order valence-electron chi connectivity index (χ0n) is 17.4. The van der Waals surface area contributed by atoms with E-state index in [2.05, 4.69) is 19.8 Å². The minimum atomic E-state index is -0.550.